The number of hydrogen-bond acceptors (Lipinski definition) is 8. The average molecular weight is 736 g/mol. The normalized spacial score (nSPS) is 20.4. The number of aliphatic hydroxyl groups excluding tert-OH is 1. The minimum absolute atomic E-state index is 0.0573. The minimum Gasteiger partial charge on any atom is -0.478 e. The van der Waals surface area contributed by atoms with E-state index in [4.69, 9.17) is 9.47 Å². The molecule has 2 aliphatic heterocycles. The molecule has 0 bridgehead atoms. The van der Waals surface area contributed by atoms with Crippen molar-refractivity contribution in [3.8, 4) is 11.1 Å². The Balaban J connectivity index is 1.18. The molecule has 3 N–H and O–H groups in total. The molecule has 3 aromatic carbocycles. The number of carboxylic acids is 1. The molecular formula is C38H36F3N3O7S. The Hall–Kier alpha value is -4.76. The van der Waals surface area contributed by atoms with Crippen molar-refractivity contribution >= 4 is 29.5 Å². The molecule has 0 saturated carbocycles. The molecule has 14 heteroatoms. The van der Waals surface area contributed by atoms with Gasteiger partial charge >= 0.3 is 18.1 Å². The molecule has 2 fully saturated rings. The summed E-state index contributed by atoms with van der Waals surface area (Å²) in [5, 5.41) is 22.2. The minimum atomic E-state index is -5.04. The molecule has 2 amide bonds. The van der Waals surface area contributed by atoms with Gasteiger partial charge in [0, 0.05) is 37.0 Å². The maximum atomic E-state index is 13.1. The molecule has 10 nitrogen and oxygen atoms in total. The Bertz CT molecular complexity index is 1910. The van der Waals surface area contributed by atoms with Crippen molar-refractivity contribution in [1.82, 2.24) is 15.2 Å². The monoisotopic (exact) mass is 735 g/mol. The number of pyridine rings is 1. The topological polar surface area (TPSA) is 138 Å². The third-order valence-electron chi connectivity index (χ3n) is 8.97. The van der Waals surface area contributed by atoms with Crippen LogP contribution >= 0.6 is 11.8 Å². The molecule has 272 valence electrons. The van der Waals surface area contributed by atoms with E-state index in [0.29, 0.717) is 34.1 Å². The number of nitrogens with zero attached hydrogens (tertiary/aromatic N) is 2. The second kappa shape index (κ2) is 16.3. The Morgan fingerprint density at radius 1 is 0.923 bits per heavy atom. The first-order valence-electron chi connectivity index (χ1n) is 16.7. The third-order valence-corrected chi connectivity index (χ3v) is 10.1. The van der Waals surface area contributed by atoms with Gasteiger partial charge in [0.2, 0.25) is 5.91 Å². The van der Waals surface area contributed by atoms with E-state index in [9.17, 15) is 37.8 Å². The molecule has 52 heavy (non-hydrogen) atoms. The lowest BCUT2D eigenvalue weighted by Gasteiger charge is -2.36. The van der Waals surface area contributed by atoms with Crippen molar-refractivity contribution in [2.75, 3.05) is 12.3 Å². The van der Waals surface area contributed by atoms with Crippen LogP contribution in [0.3, 0.4) is 0 Å². The van der Waals surface area contributed by atoms with Crippen molar-refractivity contribution in [1.29, 1.82) is 0 Å². The summed E-state index contributed by atoms with van der Waals surface area (Å²) in [4.78, 5) is 41.3. The van der Waals surface area contributed by atoms with Crippen LogP contribution in [-0.2, 0) is 32.2 Å². The molecule has 1 aromatic heterocycles. The Labute approximate surface area is 302 Å². The maximum absolute atomic E-state index is 13.1. The van der Waals surface area contributed by atoms with E-state index < -0.39 is 36.3 Å². The number of benzene rings is 3. The van der Waals surface area contributed by atoms with Gasteiger partial charge in [0.25, 0.3) is 0 Å². The lowest BCUT2D eigenvalue weighted by molar-refractivity contribution is -0.245. The van der Waals surface area contributed by atoms with E-state index in [1.807, 2.05) is 66.7 Å². The number of ether oxygens (including phenoxy) is 2. The van der Waals surface area contributed by atoms with Crippen molar-refractivity contribution in [3.63, 3.8) is 0 Å². The standard InChI is InChI=1S/C38H36F3N3O7S/c39-38(40,41)37(49)44-16-4-10-31(44)33(46)43-20-24-5-1-6-26(17-24)27-7-2-8-28(18-27)36-50-29(22-52-34-30(35(47)48)9-3-15-42-34)19-32(51-36)25-13-11-23(21-45)12-14-25/h1-3,5-9,11-15,17-18,29,31-32,36,45H,4,10,16,19-22H2,(H,43,46)(H,47,48)/t29-,31+,32+,36+/m1/s1. The fourth-order valence-electron chi connectivity index (χ4n) is 6.34. The second-order valence-electron chi connectivity index (χ2n) is 12.5. The van der Waals surface area contributed by atoms with Crippen molar-refractivity contribution < 1.29 is 47.2 Å². The fourth-order valence-corrected chi connectivity index (χ4v) is 7.35. The first-order valence-corrected chi connectivity index (χ1v) is 17.6. The van der Waals surface area contributed by atoms with Gasteiger partial charge in [-0.1, -0.05) is 60.7 Å². The van der Waals surface area contributed by atoms with Crippen LogP contribution in [0.25, 0.3) is 11.1 Å². The molecule has 6 rings (SSSR count). The van der Waals surface area contributed by atoms with E-state index in [1.165, 1.54) is 17.8 Å². The molecule has 4 aromatic rings. The van der Waals surface area contributed by atoms with Gasteiger partial charge in [-0.05, 0) is 64.9 Å². The zero-order valence-electron chi connectivity index (χ0n) is 27.8. The first kappa shape index (κ1) is 37.0. The van der Waals surface area contributed by atoms with Gasteiger partial charge in [-0.2, -0.15) is 13.2 Å². The molecule has 0 aliphatic carbocycles. The van der Waals surface area contributed by atoms with Crippen LogP contribution in [0.2, 0.25) is 0 Å². The smallest absolute Gasteiger partial charge is 0.471 e. The van der Waals surface area contributed by atoms with Crippen LogP contribution in [0.15, 0.2) is 96.2 Å². The van der Waals surface area contributed by atoms with Crippen LogP contribution in [0.4, 0.5) is 13.2 Å². The van der Waals surface area contributed by atoms with E-state index in [1.54, 1.807) is 18.3 Å². The zero-order chi connectivity index (χ0) is 36.8. The van der Waals surface area contributed by atoms with Gasteiger partial charge in [-0.3, -0.25) is 9.59 Å². The summed E-state index contributed by atoms with van der Waals surface area (Å²) in [7, 11) is 0. The molecule has 4 atom stereocenters. The summed E-state index contributed by atoms with van der Waals surface area (Å²) in [6, 6.07) is 24.4. The number of carbonyl (C=O) groups is 3. The van der Waals surface area contributed by atoms with Gasteiger partial charge in [-0.15, -0.1) is 11.8 Å². The zero-order valence-corrected chi connectivity index (χ0v) is 28.6. The van der Waals surface area contributed by atoms with Gasteiger partial charge in [-0.25, -0.2) is 9.78 Å². The van der Waals surface area contributed by atoms with Gasteiger partial charge in [0.05, 0.1) is 24.4 Å². The number of amides is 2. The number of aromatic carboxylic acids is 1. The summed E-state index contributed by atoms with van der Waals surface area (Å²) in [5.41, 5.74) is 4.88. The summed E-state index contributed by atoms with van der Waals surface area (Å²) < 4.78 is 52.1. The highest BCUT2D eigenvalue weighted by Gasteiger charge is 2.47. The number of carboxylic acid groups (broad SMARTS) is 1. The summed E-state index contributed by atoms with van der Waals surface area (Å²) in [6.07, 6.45) is -4.01. The quantitative estimate of drug-likeness (QED) is 0.149. The number of carbonyl (C=O) groups excluding carboxylic acids is 2. The number of halogens is 3. The third kappa shape index (κ3) is 8.81. The predicted molar refractivity (Wildman–Crippen MR) is 185 cm³/mol. The molecular weight excluding hydrogens is 699 g/mol. The molecule has 2 aliphatic rings. The van der Waals surface area contributed by atoms with Gasteiger partial charge in [0.1, 0.15) is 11.1 Å². The summed E-state index contributed by atoms with van der Waals surface area (Å²) in [6.45, 7) is -0.153. The first-order chi connectivity index (χ1) is 25.0. The number of aliphatic hydroxyl groups is 1. The van der Waals surface area contributed by atoms with Crippen molar-refractivity contribution in [2.45, 2.75) is 68.2 Å². The largest absolute Gasteiger partial charge is 0.478 e. The van der Waals surface area contributed by atoms with E-state index in [2.05, 4.69) is 10.3 Å². The number of likely N-dealkylation sites (tertiary alicyclic amines) is 1. The van der Waals surface area contributed by atoms with E-state index in [0.717, 1.165) is 27.8 Å². The second-order valence-corrected chi connectivity index (χ2v) is 13.5. The van der Waals surface area contributed by atoms with E-state index in [-0.39, 0.29) is 43.9 Å². The molecule has 3 heterocycles. The SMILES string of the molecule is O=C(O)c1cccnc1SC[C@H]1C[C@@H](c2ccc(CO)cc2)O[C@@H](c2cccc(-c3cccc(CNC(=O)[C@@H]4CCCN4C(=O)C(F)(F)F)c3)c2)O1. The van der Waals surface area contributed by atoms with Crippen LogP contribution in [-0.4, -0.2) is 68.5 Å². The van der Waals surface area contributed by atoms with Crippen LogP contribution < -0.4 is 5.32 Å². The fraction of sp³-hybridized carbons (Fsp3) is 0.316. The average Bonchev–Trinajstić information content (AvgIpc) is 3.66. The van der Waals surface area contributed by atoms with Crippen molar-refractivity contribution in [3.05, 3.63) is 119 Å². The number of rotatable bonds is 11. The summed E-state index contributed by atoms with van der Waals surface area (Å²) >= 11 is 1.30. The van der Waals surface area contributed by atoms with Crippen LogP contribution in [0.1, 0.15) is 64.3 Å². The van der Waals surface area contributed by atoms with Crippen LogP contribution in [0, 0.1) is 0 Å². The van der Waals surface area contributed by atoms with Gasteiger partial charge < -0.3 is 29.9 Å². The molecule has 0 unspecified atom stereocenters. The lowest BCUT2D eigenvalue weighted by Crippen LogP contribution is -2.50. The number of hydrogen-bond donors (Lipinski definition) is 3. The lowest BCUT2D eigenvalue weighted by atomic mass is 9.99. The van der Waals surface area contributed by atoms with E-state index >= 15 is 0 Å². The highest BCUT2D eigenvalue weighted by Crippen LogP contribution is 2.40. The highest BCUT2D eigenvalue weighted by molar-refractivity contribution is 7.99. The molecule has 0 radical (unpaired) electrons. The highest BCUT2D eigenvalue weighted by atomic mass is 32.2. The molecule has 2 saturated heterocycles. The van der Waals surface area contributed by atoms with Gasteiger partial charge in [0.15, 0.2) is 6.29 Å². The summed E-state index contributed by atoms with van der Waals surface area (Å²) in [5.74, 6) is -3.29. The molecule has 0 spiro atoms. The number of alkyl halides is 3. The maximum Gasteiger partial charge on any atom is 0.471 e. The number of thioether (sulfide) groups is 1. The van der Waals surface area contributed by atoms with Crippen LogP contribution in [0.5, 0.6) is 0 Å². The Morgan fingerprint density at radius 2 is 1.67 bits per heavy atom. The van der Waals surface area contributed by atoms with Crippen molar-refractivity contribution in [2.24, 2.45) is 0 Å². The number of aromatic nitrogens is 1. The Morgan fingerprint density at radius 3 is 2.40 bits per heavy atom. The predicted octanol–water partition coefficient (Wildman–Crippen LogP) is 6.45. The number of nitrogens with one attached hydrogen (secondary N) is 1. The Kier molecular flexibility index (Phi) is 11.6.